The van der Waals surface area contributed by atoms with Gasteiger partial charge in [-0.15, -0.1) is 11.3 Å². The number of nitriles is 1. The van der Waals surface area contributed by atoms with E-state index < -0.39 is 35.9 Å². The standard InChI is InChI=1S/C37H36F2N6O3S/c1-25-5-3-4-16-44(25)19-28-8-12-30(13-9-28)36(46)47-24-48-37(21-45-23-41-22-42-45,32-15-14-31(38)17-33(32)39)26(2)35-43-34(20-49-35)29-10-6-27(18-40)7-11-29/h6-15,17,20,22-23,25-26H,3-5,16,19,21,24H2,1-2H3/t25?,26-,37+/m0/s1. The fourth-order valence-corrected chi connectivity index (χ4v) is 7.24. The predicted molar refractivity (Wildman–Crippen MR) is 180 cm³/mol. The van der Waals surface area contributed by atoms with Gasteiger partial charge in [-0.05, 0) is 62.2 Å². The van der Waals surface area contributed by atoms with Crippen molar-refractivity contribution < 1.29 is 23.0 Å². The van der Waals surface area contributed by atoms with Crippen LogP contribution in [-0.4, -0.2) is 50.0 Å². The van der Waals surface area contributed by atoms with Crippen molar-refractivity contribution in [3.63, 3.8) is 0 Å². The first-order valence-corrected chi connectivity index (χ1v) is 17.0. The molecule has 252 valence electrons. The summed E-state index contributed by atoms with van der Waals surface area (Å²) < 4.78 is 43.5. The zero-order valence-electron chi connectivity index (χ0n) is 27.3. The second kappa shape index (κ2) is 15.2. The molecule has 0 radical (unpaired) electrons. The maximum Gasteiger partial charge on any atom is 0.340 e. The Kier molecular flexibility index (Phi) is 10.5. The van der Waals surface area contributed by atoms with Gasteiger partial charge in [0, 0.05) is 41.1 Å². The van der Waals surface area contributed by atoms with E-state index in [4.69, 9.17) is 14.5 Å². The van der Waals surface area contributed by atoms with Crippen LogP contribution in [0.5, 0.6) is 0 Å². The monoisotopic (exact) mass is 682 g/mol. The van der Waals surface area contributed by atoms with E-state index >= 15 is 4.39 Å². The Labute approximate surface area is 287 Å². The summed E-state index contributed by atoms with van der Waals surface area (Å²) in [5, 5.41) is 15.9. The molecule has 3 atom stereocenters. The summed E-state index contributed by atoms with van der Waals surface area (Å²) in [5.74, 6) is -2.83. The molecule has 6 rings (SSSR count). The van der Waals surface area contributed by atoms with E-state index in [1.807, 2.05) is 24.4 Å². The molecule has 0 N–H and O–H groups in total. The van der Waals surface area contributed by atoms with Crippen LogP contribution in [0.25, 0.3) is 11.3 Å². The molecule has 3 aromatic carbocycles. The summed E-state index contributed by atoms with van der Waals surface area (Å²) in [6.07, 6.45) is 6.44. The van der Waals surface area contributed by atoms with Gasteiger partial charge in [0.15, 0.2) is 6.79 Å². The predicted octanol–water partition coefficient (Wildman–Crippen LogP) is 7.46. The van der Waals surface area contributed by atoms with Crippen molar-refractivity contribution in [2.75, 3.05) is 13.3 Å². The number of hydrogen-bond acceptors (Lipinski definition) is 9. The van der Waals surface area contributed by atoms with Gasteiger partial charge in [0.25, 0.3) is 0 Å². The van der Waals surface area contributed by atoms with Crippen molar-refractivity contribution in [1.29, 1.82) is 5.26 Å². The number of esters is 1. The van der Waals surface area contributed by atoms with E-state index in [9.17, 15) is 14.4 Å². The number of thiazole rings is 1. The number of carbonyl (C=O) groups is 1. The number of piperidine rings is 1. The Hall–Kier alpha value is -4.83. The van der Waals surface area contributed by atoms with Crippen LogP contribution in [0.15, 0.2) is 84.8 Å². The van der Waals surface area contributed by atoms with Crippen molar-refractivity contribution in [2.45, 2.75) is 63.8 Å². The van der Waals surface area contributed by atoms with Gasteiger partial charge < -0.3 is 9.47 Å². The molecule has 0 saturated carbocycles. The SMILES string of the molecule is CC1CCCCN1Cc1ccc(C(=O)OCO[C@@](Cn2cncn2)(c2ccc(F)cc2F)[C@@H](C)c2nc(-c3ccc(C#N)cc3)cs2)cc1. The summed E-state index contributed by atoms with van der Waals surface area (Å²) in [6, 6.07) is 20.3. The Balaban J connectivity index is 1.26. The third kappa shape index (κ3) is 7.75. The Morgan fingerprint density at radius 3 is 2.61 bits per heavy atom. The maximum absolute atomic E-state index is 15.8. The molecule has 1 aliphatic heterocycles. The average Bonchev–Trinajstić information content (AvgIpc) is 3.82. The molecule has 0 aliphatic carbocycles. The largest absolute Gasteiger partial charge is 0.435 e. The first-order chi connectivity index (χ1) is 23.8. The van der Waals surface area contributed by atoms with E-state index in [0.717, 1.165) is 36.3 Å². The summed E-state index contributed by atoms with van der Waals surface area (Å²) in [7, 11) is 0. The zero-order chi connectivity index (χ0) is 34.4. The number of rotatable bonds is 12. The smallest absolute Gasteiger partial charge is 0.340 e. The highest BCUT2D eigenvalue weighted by atomic mass is 32.1. The lowest BCUT2D eigenvalue weighted by Gasteiger charge is -2.38. The van der Waals surface area contributed by atoms with Gasteiger partial charge in [-0.2, -0.15) is 10.4 Å². The number of likely N-dealkylation sites (tertiary alicyclic amines) is 1. The second-order valence-corrected chi connectivity index (χ2v) is 13.2. The molecule has 49 heavy (non-hydrogen) atoms. The molecule has 1 fully saturated rings. The van der Waals surface area contributed by atoms with Crippen LogP contribution in [0.1, 0.15) is 71.1 Å². The van der Waals surface area contributed by atoms with Crippen molar-refractivity contribution in [1.82, 2.24) is 24.6 Å². The van der Waals surface area contributed by atoms with Crippen LogP contribution in [0, 0.1) is 23.0 Å². The molecular weight excluding hydrogens is 647 g/mol. The zero-order valence-corrected chi connectivity index (χ0v) is 28.1. The van der Waals surface area contributed by atoms with Crippen LogP contribution >= 0.6 is 11.3 Å². The number of hydrogen-bond donors (Lipinski definition) is 0. The van der Waals surface area contributed by atoms with E-state index in [1.54, 1.807) is 36.4 Å². The fraction of sp³-hybridized carbons (Fsp3) is 0.324. The van der Waals surface area contributed by atoms with Crippen LogP contribution in [-0.2, 0) is 28.2 Å². The minimum atomic E-state index is -1.57. The highest BCUT2D eigenvalue weighted by Crippen LogP contribution is 2.44. The van der Waals surface area contributed by atoms with Gasteiger partial charge in [-0.25, -0.2) is 28.2 Å². The molecule has 0 bridgehead atoms. The first kappa shape index (κ1) is 34.0. The van der Waals surface area contributed by atoms with Crippen molar-refractivity contribution in [3.05, 3.63) is 124 Å². The minimum Gasteiger partial charge on any atom is -0.435 e. The first-order valence-electron chi connectivity index (χ1n) is 16.1. The van der Waals surface area contributed by atoms with Gasteiger partial charge in [-0.3, -0.25) is 4.90 Å². The number of halogens is 2. The lowest BCUT2D eigenvalue weighted by molar-refractivity contribution is -0.148. The fourth-order valence-electron chi connectivity index (χ4n) is 6.27. The second-order valence-electron chi connectivity index (χ2n) is 12.3. The molecule has 1 aliphatic rings. The lowest BCUT2D eigenvalue weighted by Crippen LogP contribution is -2.42. The van der Waals surface area contributed by atoms with E-state index in [2.05, 4.69) is 28.0 Å². The molecule has 1 unspecified atom stereocenters. The van der Waals surface area contributed by atoms with E-state index in [-0.39, 0.29) is 12.1 Å². The van der Waals surface area contributed by atoms with Crippen LogP contribution < -0.4 is 0 Å². The summed E-state index contributed by atoms with van der Waals surface area (Å²) in [4.78, 5) is 24.5. The number of aromatic nitrogens is 4. The highest BCUT2D eigenvalue weighted by Gasteiger charge is 2.45. The molecular formula is C37H36F2N6O3S. The lowest BCUT2D eigenvalue weighted by atomic mass is 9.81. The van der Waals surface area contributed by atoms with Crippen LogP contribution in [0.4, 0.5) is 8.78 Å². The molecule has 0 spiro atoms. The topological polar surface area (TPSA) is 106 Å². The van der Waals surface area contributed by atoms with Gasteiger partial charge in [0.1, 0.15) is 29.9 Å². The molecule has 3 heterocycles. The molecule has 1 saturated heterocycles. The number of benzene rings is 3. The highest BCUT2D eigenvalue weighted by molar-refractivity contribution is 7.10. The van der Waals surface area contributed by atoms with Crippen molar-refractivity contribution in [3.8, 4) is 17.3 Å². The molecule has 5 aromatic rings. The van der Waals surface area contributed by atoms with Gasteiger partial charge in [0.05, 0.1) is 34.4 Å². The van der Waals surface area contributed by atoms with E-state index in [0.29, 0.717) is 27.9 Å². The van der Waals surface area contributed by atoms with Crippen LogP contribution in [0.2, 0.25) is 0 Å². The molecule has 12 heteroatoms. The summed E-state index contributed by atoms with van der Waals surface area (Å²) in [6.45, 7) is 5.36. The van der Waals surface area contributed by atoms with Gasteiger partial charge >= 0.3 is 5.97 Å². The average molecular weight is 683 g/mol. The molecule has 9 nitrogen and oxygen atoms in total. The third-order valence-corrected chi connectivity index (χ3v) is 10.2. The van der Waals surface area contributed by atoms with Gasteiger partial charge in [0.2, 0.25) is 0 Å². The Morgan fingerprint density at radius 1 is 1.12 bits per heavy atom. The van der Waals surface area contributed by atoms with Gasteiger partial charge in [-0.1, -0.05) is 43.7 Å². The van der Waals surface area contributed by atoms with Crippen molar-refractivity contribution >= 4 is 17.3 Å². The number of ether oxygens (including phenoxy) is 2. The minimum absolute atomic E-state index is 0.0411. The van der Waals surface area contributed by atoms with Crippen molar-refractivity contribution in [2.24, 2.45) is 0 Å². The van der Waals surface area contributed by atoms with E-state index in [1.165, 1.54) is 54.0 Å². The maximum atomic E-state index is 15.8. The Bertz CT molecular complexity index is 1910. The Morgan fingerprint density at radius 2 is 1.92 bits per heavy atom. The van der Waals surface area contributed by atoms with Crippen LogP contribution in [0.3, 0.4) is 0 Å². The number of nitrogens with zero attached hydrogens (tertiary/aromatic N) is 6. The number of carbonyl (C=O) groups excluding carboxylic acids is 1. The molecule has 2 aromatic heterocycles. The molecule has 0 amide bonds. The summed E-state index contributed by atoms with van der Waals surface area (Å²) >= 11 is 1.35. The third-order valence-electron chi connectivity index (χ3n) is 9.17. The normalized spacial score (nSPS) is 16.8. The quantitative estimate of drug-likeness (QED) is 0.0987. The summed E-state index contributed by atoms with van der Waals surface area (Å²) in [5.41, 5.74) is 1.92.